The van der Waals surface area contributed by atoms with Crippen molar-refractivity contribution in [1.82, 2.24) is 20.2 Å². The molecule has 2 heterocycles. The molecule has 0 radical (unpaired) electrons. The summed E-state index contributed by atoms with van der Waals surface area (Å²) in [4.78, 5) is 8.61. The van der Waals surface area contributed by atoms with Gasteiger partial charge >= 0.3 is 0 Å². The molecule has 0 saturated heterocycles. The Morgan fingerprint density at radius 2 is 2.32 bits per heavy atom. The van der Waals surface area contributed by atoms with Crippen LogP contribution in [0.1, 0.15) is 19.3 Å². The van der Waals surface area contributed by atoms with Crippen LogP contribution in [0.15, 0.2) is 6.20 Å². The predicted octanol–water partition coefficient (Wildman–Crippen LogP) is 1.33. The number of anilines is 2. The highest BCUT2D eigenvalue weighted by atomic mass is 32.2. The molecule has 0 amide bonds. The van der Waals surface area contributed by atoms with E-state index in [0.717, 1.165) is 11.2 Å². The lowest BCUT2D eigenvalue weighted by molar-refractivity contribution is 0.764. The first kappa shape index (κ1) is 12.5. The minimum atomic E-state index is 0.387. The Labute approximate surface area is 115 Å². The van der Waals surface area contributed by atoms with E-state index < -0.39 is 0 Å². The molecular formula is C11H17N7S. The second-order valence-electron chi connectivity index (χ2n) is 4.63. The first-order chi connectivity index (χ1) is 9.31. The molecule has 0 aliphatic heterocycles. The SMILES string of the molecule is CSC1CCCC1Nc1nc(NN)nc2[nH]ncc12. The van der Waals surface area contributed by atoms with Gasteiger partial charge in [0.05, 0.1) is 11.6 Å². The van der Waals surface area contributed by atoms with Crippen molar-refractivity contribution in [3.8, 4) is 0 Å². The van der Waals surface area contributed by atoms with Crippen LogP contribution in [0.4, 0.5) is 11.8 Å². The average Bonchev–Trinajstić information content (AvgIpc) is 3.06. The fourth-order valence-electron chi connectivity index (χ4n) is 2.56. The van der Waals surface area contributed by atoms with Crippen molar-refractivity contribution in [3.05, 3.63) is 6.20 Å². The molecular weight excluding hydrogens is 262 g/mol. The number of fused-ring (bicyclic) bond motifs is 1. The van der Waals surface area contributed by atoms with Crippen LogP contribution in [0.25, 0.3) is 11.0 Å². The lowest BCUT2D eigenvalue weighted by Crippen LogP contribution is -2.26. The Morgan fingerprint density at radius 1 is 1.42 bits per heavy atom. The van der Waals surface area contributed by atoms with Crippen LogP contribution < -0.4 is 16.6 Å². The van der Waals surface area contributed by atoms with E-state index in [-0.39, 0.29) is 0 Å². The molecule has 2 aromatic rings. The van der Waals surface area contributed by atoms with Crippen molar-refractivity contribution in [2.45, 2.75) is 30.6 Å². The third-order valence-electron chi connectivity index (χ3n) is 3.52. The highest BCUT2D eigenvalue weighted by Gasteiger charge is 2.27. The Bertz CT molecular complexity index is 569. The molecule has 1 saturated carbocycles. The number of hydrazine groups is 1. The zero-order valence-corrected chi connectivity index (χ0v) is 11.5. The third kappa shape index (κ3) is 2.33. The largest absolute Gasteiger partial charge is 0.365 e. The van der Waals surface area contributed by atoms with Crippen LogP contribution in [-0.2, 0) is 0 Å². The molecule has 0 bridgehead atoms. The van der Waals surface area contributed by atoms with Gasteiger partial charge in [0.25, 0.3) is 0 Å². The Hall–Kier alpha value is -1.54. The molecule has 0 spiro atoms. The number of hydrogen-bond acceptors (Lipinski definition) is 7. The van der Waals surface area contributed by atoms with E-state index in [2.05, 4.69) is 37.2 Å². The van der Waals surface area contributed by atoms with Crippen LogP contribution in [0, 0.1) is 0 Å². The summed E-state index contributed by atoms with van der Waals surface area (Å²) >= 11 is 1.91. The summed E-state index contributed by atoms with van der Waals surface area (Å²) < 4.78 is 0. The number of rotatable bonds is 4. The van der Waals surface area contributed by atoms with E-state index in [0.29, 0.717) is 22.9 Å². The summed E-state index contributed by atoms with van der Waals surface area (Å²) in [5.41, 5.74) is 3.17. The number of nitrogens with two attached hydrogens (primary N) is 1. The van der Waals surface area contributed by atoms with Crippen molar-refractivity contribution < 1.29 is 0 Å². The van der Waals surface area contributed by atoms with E-state index in [1.165, 1.54) is 19.3 Å². The third-order valence-corrected chi connectivity index (χ3v) is 4.69. The second-order valence-corrected chi connectivity index (χ2v) is 5.71. The van der Waals surface area contributed by atoms with Crippen molar-refractivity contribution in [3.63, 3.8) is 0 Å². The average molecular weight is 279 g/mol. The highest BCUT2D eigenvalue weighted by molar-refractivity contribution is 7.99. The van der Waals surface area contributed by atoms with Crippen LogP contribution >= 0.6 is 11.8 Å². The lowest BCUT2D eigenvalue weighted by Gasteiger charge is -2.20. The maximum atomic E-state index is 5.40. The molecule has 1 fully saturated rings. The number of aromatic nitrogens is 4. The van der Waals surface area contributed by atoms with E-state index in [4.69, 9.17) is 5.84 Å². The topological polar surface area (TPSA) is 105 Å². The van der Waals surface area contributed by atoms with Crippen molar-refractivity contribution >= 4 is 34.6 Å². The van der Waals surface area contributed by atoms with Gasteiger partial charge in [0.1, 0.15) is 5.82 Å². The molecule has 8 heteroatoms. The Morgan fingerprint density at radius 3 is 3.11 bits per heavy atom. The first-order valence-electron chi connectivity index (χ1n) is 6.29. The summed E-state index contributed by atoms with van der Waals surface area (Å²) in [6.07, 6.45) is 7.57. The van der Waals surface area contributed by atoms with Gasteiger partial charge in [0, 0.05) is 11.3 Å². The van der Waals surface area contributed by atoms with E-state index in [1.807, 2.05) is 11.8 Å². The summed E-state index contributed by atoms with van der Waals surface area (Å²) in [5.74, 6) is 6.58. The molecule has 1 aliphatic carbocycles. The molecule has 2 atom stereocenters. The Balaban J connectivity index is 1.92. The quantitative estimate of drug-likeness (QED) is 0.494. The maximum Gasteiger partial charge on any atom is 0.241 e. The Kier molecular flexibility index (Phi) is 3.43. The fourth-order valence-corrected chi connectivity index (χ4v) is 3.49. The van der Waals surface area contributed by atoms with Crippen molar-refractivity contribution in [2.75, 3.05) is 17.0 Å². The number of nitrogens with one attached hydrogen (secondary N) is 3. The molecule has 2 unspecified atom stereocenters. The number of aromatic amines is 1. The zero-order chi connectivity index (χ0) is 13.2. The van der Waals surface area contributed by atoms with Gasteiger partial charge in [-0.1, -0.05) is 6.42 Å². The van der Waals surface area contributed by atoms with Crippen molar-refractivity contribution in [1.29, 1.82) is 0 Å². The number of thioether (sulfide) groups is 1. The van der Waals surface area contributed by atoms with Crippen LogP contribution in [0.5, 0.6) is 0 Å². The first-order valence-corrected chi connectivity index (χ1v) is 7.57. The van der Waals surface area contributed by atoms with Gasteiger partial charge in [-0.15, -0.1) is 0 Å². The number of nitrogen functional groups attached to an aromatic ring is 1. The lowest BCUT2D eigenvalue weighted by atomic mass is 10.2. The van der Waals surface area contributed by atoms with Crippen LogP contribution in [-0.4, -0.2) is 37.7 Å². The predicted molar refractivity (Wildman–Crippen MR) is 78.1 cm³/mol. The highest BCUT2D eigenvalue weighted by Crippen LogP contribution is 2.32. The normalized spacial score (nSPS) is 22.8. The van der Waals surface area contributed by atoms with Gasteiger partial charge in [-0.05, 0) is 19.1 Å². The molecule has 7 nitrogen and oxygen atoms in total. The van der Waals surface area contributed by atoms with E-state index >= 15 is 0 Å². The molecule has 1 aliphatic rings. The van der Waals surface area contributed by atoms with E-state index in [1.54, 1.807) is 6.20 Å². The van der Waals surface area contributed by atoms with Gasteiger partial charge in [-0.2, -0.15) is 26.8 Å². The van der Waals surface area contributed by atoms with Gasteiger partial charge in [0.2, 0.25) is 5.95 Å². The smallest absolute Gasteiger partial charge is 0.241 e. The number of hydrogen-bond donors (Lipinski definition) is 4. The minimum Gasteiger partial charge on any atom is -0.365 e. The summed E-state index contributed by atoms with van der Waals surface area (Å²) in [6.45, 7) is 0. The van der Waals surface area contributed by atoms with Gasteiger partial charge < -0.3 is 5.32 Å². The monoisotopic (exact) mass is 279 g/mol. The summed E-state index contributed by atoms with van der Waals surface area (Å²) in [6, 6.07) is 0.439. The van der Waals surface area contributed by atoms with Crippen molar-refractivity contribution in [2.24, 2.45) is 5.84 Å². The van der Waals surface area contributed by atoms with Gasteiger partial charge in [-0.3, -0.25) is 10.5 Å². The summed E-state index contributed by atoms with van der Waals surface area (Å²) in [5, 5.41) is 11.9. The minimum absolute atomic E-state index is 0.387. The molecule has 3 rings (SSSR count). The number of H-pyrrole nitrogens is 1. The van der Waals surface area contributed by atoms with E-state index in [9.17, 15) is 0 Å². The summed E-state index contributed by atoms with van der Waals surface area (Å²) in [7, 11) is 0. The van der Waals surface area contributed by atoms with Crippen LogP contribution in [0.2, 0.25) is 0 Å². The standard InChI is InChI=1S/C11H17N7S/c1-19-8-4-2-3-7(8)14-9-6-5-13-18-10(6)16-11(15-9)17-12/h5,7-8H,2-4,12H2,1H3,(H3,13,14,15,16,17,18). The molecule has 5 N–H and O–H groups in total. The fraction of sp³-hybridized carbons (Fsp3) is 0.545. The van der Waals surface area contributed by atoms with Crippen LogP contribution in [0.3, 0.4) is 0 Å². The number of nitrogens with zero attached hydrogens (tertiary/aromatic N) is 3. The molecule has 102 valence electrons. The zero-order valence-electron chi connectivity index (χ0n) is 10.7. The van der Waals surface area contributed by atoms with Gasteiger partial charge in [-0.25, -0.2) is 5.84 Å². The van der Waals surface area contributed by atoms with Gasteiger partial charge in [0.15, 0.2) is 5.65 Å². The molecule has 19 heavy (non-hydrogen) atoms. The second kappa shape index (κ2) is 5.22. The maximum absolute atomic E-state index is 5.40. The molecule has 2 aromatic heterocycles. The molecule has 0 aromatic carbocycles.